The highest BCUT2D eigenvalue weighted by atomic mass is 35.5. The van der Waals surface area contributed by atoms with Crippen molar-refractivity contribution < 1.29 is 27.5 Å². The van der Waals surface area contributed by atoms with E-state index < -0.39 is 17.6 Å². The molecule has 2 N–H and O–H groups in total. The lowest BCUT2D eigenvalue weighted by Gasteiger charge is -2.41. The van der Waals surface area contributed by atoms with Gasteiger partial charge in [0.2, 0.25) is 17.7 Å². The molecule has 0 aliphatic carbocycles. The van der Waals surface area contributed by atoms with E-state index >= 15 is 0 Å². The van der Waals surface area contributed by atoms with E-state index in [0.717, 1.165) is 30.2 Å². The minimum atomic E-state index is -4.58. The Hall–Kier alpha value is -5.12. The third-order valence-corrected chi connectivity index (χ3v) is 9.20. The van der Waals surface area contributed by atoms with Crippen molar-refractivity contribution >= 4 is 52.3 Å². The van der Waals surface area contributed by atoms with Crippen molar-refractivity contribution in [1.82, 2.24) is 24.4 Å². The molecule has 1 aromatic carbocycles. The van der Waals surface area contributed by atoms with Gasteiger partial charge in [-0.15, -0.1) is 0 Å². The molecule has 286 valence electrons. The van der Waals surface area contributed by atoms with Gasteiger partial charge < -0.3 is 34.3 Å². The molecule has 0 bridgehead atoms. The van der Waals surface area contributed by atoms with Crippen molar-refractivity contribution in [3.05, 3.63) is 78.4 Å². The van der Waals surface area contributed by atoms with Gasteiger partial charge in [0.1, 0.15) is 18.1 Å². The van der Waals surface area contributed by atoms with E-state index in [1.807, 2.05) is 25.7 Å². The van der Waals surface area contributed by atoms with Crippen molar-refractivity contribution in [1.29, 1.82) is 0 Å². The van der Waals surface area contributed by atoms with Gasteiger partial charge in [-0.2, -0.15) is 13.2 Å². The molecule has 4 aromatic rings. The lowest BCUT2D eigenvalue weighted by atomic mass is 10.1. The first-order chi connectivity index (χ1) is 25.1. The molecular weight excluding hydrogens is 717 g/mol. The number of aryl methyl sites for hydroxylation is 1. The monoisotopic (exact) mass is 760 g/mol. The van der Waals surface area contributed by atoms with Crippen LogP contribution < -0.4 is 30.7 Å². The number of aromatic amines is 1. The Labute approximate surface area is 309 Å². The van der Waals surface area contributed by atoms with Crippen LogP contribution >= 0.6 is 11.6 Å². The largest absolute Gasteiger partial charge is 0.479 e. The number of carbonyl (C=O) groups excluding carboxylic acids is 2. The second-order valence-electron chi connectivity index (χ2n) is 12.6. The van der Waals surface area contributed by atoms with Crippen LogP contribution in [0, 0.1) is 13.8 Å². The SMILES string of the molecule is CCOc1[nH]cc(C)c(=O)c1C.CCc1c(N2CCN(C=O)C(CC)C2)c(=O)c2nc(N(C)C)cnc2n1CC(=O)Nc1ccc(C(F)(F)F)cc1Cl. The number of hydrogen-bond donors (Lipinski definition) is 2. The number of fused-ring (bicyclic) bond motifs is 1. The number of H-pyrrole nitrogens is 1. The predicted octanol–water partition coefficient (Wildman–Crippen LogP) is 5.18. The van der Waals surface area contributed by atoms with Crippen LogP contribution in [0.3, 0.4) is 0 Å². The van der Waals surface area contributed by atoms with E-state index in [4.69, 9.17) is 16.3 Å². The normalized spacial score (nSPS) is 14.4. The minimum Gasteiger partial charge on any atom is -0.479 e. The molecule has 0 spiro atoms. The number of nitrogens with one attached hydrogen (secondary N) is 2. The molecule has 1 fully saturated rings. The van der Waals surface area contributed by atoms with E-state index in [9.17, 15) is 32.3 Å². The maximum Gasteiger partial charge on any atom is 0.416 e. The molecule has 53 heavy (non-hydrogen) atoms. The number of anilines is 3. The molecule has 1 aliphatic rings. The van der Waals surface area contributed by atoms with Crippen LogP contribution in [0.4, 0.5) is 30.4 Å². The summed E-state index contributed by atoms with van der Waals surface area (Å²) in [4.78, 5) is 67.4. The molecule has 0 saturated carbocycles. The van der Waals surface area contributed by atoms with Gasteiger partial charge in [0, 0.05) is 57.2 Å². The van der Waals surface area contributed by atoms with Crippen LogP contribution in [-0.4, -0.2) is 83.1 Å². The summed E-state index contributed by atoms with van der Waals surface area (Å²) in [6, 6.07) is 2.58. The smallest absolute Gasteiger partial charge is 0.416 e. The summed E-state index contributed by atoms with van der Waals surface area (Å²) in [6.07, 6.45) is 0.469. The lowest BCUT2D eigenvalue weighted by Crippen LogP contribution is -2.53. The van der Waals surface area contributed by atoms with Crippen LogP contribution in [0.5, 0.6) is 5.88 Å². The summed E-state index contributed by atoms with van der Waals surface area (Å²) in [6.45, 7) is 10.8. The van der Waals surface area contributed by atoms with E-state index in [0.29, 0.717) is 67.7 Å². The van der Waals surface area contributed by atoms with Gasteiger partial charge in [-0.05, 0) is 51.8 Å². The maximum absolute atomic E-state index is 13.9. The second kappa shape index (κ2) is 17.1. The van der Waals surface area contributed by atoms with Gasteiger partial charge in [0.25, 0.3) is 0 Å². The first kappa shape index (κ1) is 40.6. The van der Waals surface area contributed by atoms with Gasteiger partial charge in [-0.3, -0.25) is 19.2 Å². The number of amides is 2. The van der Waals surface area contributed by atoms with Crippen LogP contribution in [0.15, 0.2) is 40.2 Å². The van der Waals surface area contributed by atoms with E-state index in [2.05, 4.69) is 20.3 Å². The van der Waals surface area contributed by atoms with E-state index in [-0.39, 0.29) is 45.3 Å². The van der Waals surface area contributed by atoms with Crippen LogP contribution in [0.25, 0.3) is 11.2 Å². The number of benzene rings is 1. The van der Waals surface area contributed by atoms with Gasteiger partial charge in [-0.25, -0.2) is 9.97 Å². The highest BCUT2D eigenvalue weighted by Crippen LogP contribution is 2.34. The summed E-state index contributed by atoms with van der Waals surface area (Å²) in [5.41, 5.74) is 1.40. The van der Waals surface area contributed by atoms with Crippen molar-refractivity contribution in [2.75, 3.05) is 55.5 Å². The summed E-state index contributed by atoms with van der Waals surface area (Å²) in [5, 5.41) is 2.31. The Bertz CT molecular complexity index is 2090. The summed E-state index contributed by atoms with van der Waals surface area (Å²) in [7, 11) is 3.53. The molecule has 1 unspecified atom stereocenters. The van der Waals surface area contributed by atoms with Crippen molar-refractivity contribution in [2.45, 2.75) is 66.2 Å². The quantitative estimate of drug-likeness (QED) is 0.209. The fourth-order valence-corrected chi connectivity index (χ4v) is 6.26. The minimum absolute atomic E-state index is 0.0186. The Balaban J connectivity index is 0.000000443. The molecule has 5 rings (SSSR count). The van der Waals surface area contributed by atoms with Crippen molar-refractivity contribution in [3.8, 4) is 5.88 Å². The third-order valence-electron chi connectivity index (χ3n) is 8.89. The third kappa shape index (κ3) is 9.10. The van der Waals surface area contributed by atoms with Crippen LogP contribution in [0.2, 0.25) is 5.02 Å². The molecule has 3 aromatic heterocycles. The Morgan fingerprint density at radius 2 is 1.87 bits per heavy atom. The molecule has 13 nitrogen and oxygen atoms in total. The van der Waals surface area contributed by atoms with Crippen LogP contribution in [-0.2, 0) is 28.7 Å². The molecule has 1 saturated heterocycles. The predicted molar refractivity (Wildman–Crippen MR) is 199 cm³/mol. The topological polar surface area (TPSA) is 146 Å². The summed E-state index contributed by atoms with van der Waals surface area (Å²) >= 11 is 6.06. The van der Waals surface area contributed by atoms with Crippen LogP contribution in [0.1, 0.15) is 49.6 Å². The Kier molecular flexibility index (Phi) is 13.1. The number of alkyl halides is 3. The van der Waals surface area contributed by atoms with E-state index in [1.54, 1.807) is 48.5 Å². The molecule has 0 radical (unpaired) electrons. The zero-order valence-electron chi connectivity index (χ0n) is 30.7. The maximum atomic E-state index is 13.9. The van der Waals surface area contributed by atoms with Gasteiger partial charge in [0.15, 0.2) is 22.5 Å². The molecule has 4 heterocycles. The lowest BCUT2D eigenvalue weighted by molar-refractivity contribution is -0.137. The zero-order valence-corrected chi connectivity index (χ0v) is 31.5. The number of aromatic nitrogens is 4. The first-order valence-corrected chi connectivity index (χ1v) is 17.5. The number of carbonyl (C=O) groups is 2. The standard InChI is InChI=1S/C27H31ClF3N7O3.C9H13NO2/c1-5-17-13-36(9-10-37(17)15-39)24-20(6-2)38(26-23(25(24)41)34-21(12-32-26)35(3)4)14-22(40)33-19-8-7-16(11-18(19)28)27(29,30)31;1-4-12-9-7(3)8(11)6(2)5-10-9/h7-8,11-12,15,17H,5-6,9-10,13-14H2,1-4H3,(H,33,40);5H,4H2,1-3H3,(H,10,11). The number of pyridine rings is 2. The fourth-order valence-electron chi connectivity index (χ4n) is 6.03. The van der Waals surface area contributed by atoms with Gasteiger partial charge >= 0.3 is 6.18 Å². The van der Waals surface area contributed by atoms with E-state index in [1.165, 1.54) is 6.20 Å². The first-order valence-electron chi connectivity index (χ1n) is 17.1. The van der Waals surface area contributed by atoms with Crippen molar-refractivity contribution in [3.63, 3.8) is 0 Å². The number of rotatable bonds is 10. The molecule has 1 atom stereocenters. The number of piperazine rings is 1. The number of halogens is 4. The number of nitrogens with zero attached hydrogens (tertiary/aromatic N) is 6. The number of hydrogen-bond acceptors (Lipinski definition) is 9. The highest BCUT2D eigenvalue weighted by molar-refractivity contribution is 6.33. The van der Waals surface area contributed by atoms with Crippen molar-refractivity contribution in [2.24, 2.45) is 0 Å². The second-order valence-corrected chi connectivity index (χ2v) is 13.0. The molecule has 2 amide bonds. The average molecular weight is 761 g/mol. The van der Waals surface area contributed by atoms with Gasteiger partial charge in [-0.1, -0.05) is 25.4 Å². The molecular formula is C36H44ClF3N8O5. The highest BCUT2D eigenvalue weighted by Gasteiger charge is 2.32. The average Bonchev–Trinajstić information content (AvgIpc) is 3.13. The fraction of sp³-hybridized carbons (Fsp3) is 0.444. The Morgan fingerprint density at radius 1 is 1.15 bits per heavy atom. The zero-order chi connectivity index (χ0) is 39.2. The summed E-state index contributed by atoms with van der Waals surface area (Å²) < 4.78 is 46.0. The Morgan fingerprint density at radius 3 is 2.45 bits per heavy atom. The molecule has 1 aliphatic heterocycles. The summed E-state index contributed by atoms with van der Waals surface area (Å²) in [5.74, 6) is 0.454. The van der Waals surface area contributed by atoms with Gasteiger partial charge in [0.05, 0.1) is 34.6 Å². The number of ether oxygens (including phenoxy) is 1. The molecule has 17 heteroatoms.